The number of hydrogen-bond donors (Lipinski definition) is 2. The molecule has 0 aliphatic heterocycles. The van der Waals surface area contributed by atoms with E-state index in [2.05, 4.69) is 0 Å². The van der Waals surface area contributed by atoms with E-state index in [1.165, 1.54) is 30.3 Å². The summed E-state index contributed by atoms with van der Waals surface area (Å²) in [5.74, 6) is -1.99. The van der Waals surface area contributed by atoms with Gasteiger partial charge in [0, 0.05) is 4.88 Å². The Hall–Kier alpha value is -2.62. The highest BCUT2D eigenvalue weighted by molar-refractivity contribution is 7.89. The van der Waals surface area contributed by atoms with Crippen LogP contribution in [0.4, 0.5) is 8.78 Å². The molecule has 0 unspecified atom stereocenters. The van der Waals surface area contributed by atoms with Crippen molar-refractivity contribution in [1.29, 1.82) is 0 Å². The maximum atomic E-state index is 13.6. The number of amides is 1. The van der Waals surface area contributed by atoms with Gasteiger partial charge in [0.25, 0.3) is 15.9 Å². The van der Waals surface area contributed by atoms with E-state index in [1.54, 1.807) is 18.2 Å². The minimum Gasteiger partial charge on any atom is -0.273 e. The van der Waals surface area contributed by atoms with Gasteiger partial charge in [-0.2, -0.15) is 0 Å². The molecule has 1 amide bonds. The van der Waals surface area contributed by atoms with Crippen molar-refractivity contribution in [3.05, 3.63) is 77.2 Å². The van der Waals surface area contributed by atoms with E-state index in [1.807, 2.05) is 10.3 Å². The normalized spacial score (nSPS) is 11.3. The molecule has 1 heterocycles. The standard InChI is InChI=1S/C17H12F2N2O3S2/c18-12-7-5-11(6-8-12)14-9-10-15(25-14)17(22)20-21-26(23,24)16-4-2-1-3-13(16)19/h1-10,21H,(H,20,22). The van der Waals surface area contributed by atoms with Gasteiger partial charge in [-0.1, -0.05) is 24.3 Å². The lowest BCUT2D eigenvalue weighted by atomic mass is 10.2. The van der Waals surface area contributed by atoms with Crippen molar-refractivity contribution < 1.29 is 22.0 Å². The van der Waals surface area contributed by atoms with Gasteiger partial charge in [0.2, 0.25) is 0 Å². The Morgan fingerprint density at radius 2 is 1.62 bits per heavy atom. The average Bonchev–Trinajstić information content (AvgIpc) is 3.11. The zero-order valence-electron chi connectivity index (χ0n) is 13.1. The van der Waals surface area contributed by atoms with Crippen molar-refractivity contribution in [3.63, 3.8) is 0 Å². The fourth-order valence-corrected chi connectivity index (χ4v) is 3.95. The maximum absolute atomic E-state index is 13.6. The minimum atomic E-state index is -4.24. The van der Waals surface area contributed by atoms with Crippen LogP contribution in [0.25, 0.3) is 10.4 Å². The molecule has 0 fully saturated rings. The second kappa shape index (κ2) is 7.32. The van der Waals surface area contributed by atoms with Crippen LogP contribution >= 0.6 is 11.3 Å². The summed E-state index contributed by atoms with van der Waals surface area (Å²) in [4.78, 5) is 14.4. The number of carbonyl (C=O) groups is 1. The van der Waals surface area contributed by atoms with E-state index in [9.17, 15) is 22.0 Å². The molecule has 0 saturated heterocycles. The molecule has 134 valence electrons. The SMILES string of the molecule is O=C(NNS(=O)(=O)c1ccccc1F)c1ccc(-c2ccc(F)cc2)s1. The topological polar surface area (TPSA) is 75.3 Å². The smallest absolute Gasteiger partial charge is 0.273 e. The first-order valence-corrected chi connectivity index (χ1v) is 9.59. The molecule has 0 aliphatic carbocycles. The van der Waals surface area contributed by atoms with Gasteiger partial charge in [-0.15, -0.1) is 16.2 Å². The Balaban J connectivity index is 1.71. The highest BCUT2D eigenvalue weighted by Crippen LogP contribution is 2.28. The number of carbonyl (C=O) groups excluding carboxylic acids is 1. The molecule has 5 nitrogen and oxygen atoms in total. The lowest BCUT2D eigenvalue weighted by Crippen LogP contribution is -2.41. The fraction of sp³-hybridized carbons (Fsp3) is 0. The van der Waals surface area contributed by atoms with Crippen molar-refractivity contribution in [1.82, 2.24) is 10.3 Å². The van der Waals surface area contributed by atoms with Gasteiger partial charge in [0.05, 0.1) is 4.88 Å². The summed E-state index contributed by atoms with van der Waals surface area (Å²) in [6, 6.07) is 13.7. The summed E-state index contributed by atoms with van der Waals surface area (Å²) in [6.07, 6.45) is 0. The number of hydrogen-bond acceptors (Lipinski definition) is 4. The Morgan fingerprint density at radius 3 is 2.31 bits per heavy atom. The van der Waals surface area contributed by atoms with E-state index in [-0.39, 0.29) is 10.7 Å². The van der Waals surface area contributed by atoms with Crippen LogP contribution < -0.4 is 10.3 Å². The highest BCUT2D eigenvalue weighted by atomic mass is 32.2. The molecule has 0 bridgehead atoms. The van der Waals surface area contributed by atoms with Gasteiger partial charge in [0.1, 0.15) is 16.5 Å². The lowest BCUT2D eigenvalue weighted by molar-refractivity contribution is 0.0949. The monoisotopic (exact) mass is 394 g/mol. The summed E-state index contributed by atoms with van der Waals surface area (Å²) < 4.78 is 50.7. The van der Waals surface area contributed by atoms with Crippen LogP contribution in [-0.2, 0) is 10.0 Å². The molecule has 0 spiro atoms. The minimum absolute atomic E-state index is 0.237. The van der Waals surface area contributed by atoms with E-state index >= 15 is 0 Å². The molecule has 3 rings (SSSR count). The van der Waals surface area contributed by atoms with Crippen molar-refractivity contribution in [2.75, 3.05) is 0 Å². The predicted molar refractivity (Wildman–Crippen MR) is 93.9 cm³/mol. The van der Waals surface area contributed by atoms with Gasteiger partial charge in [-0.3, -0.25) is 10.2 Å². The second-order valence-corrected chi connectivity index (χ2v) is 7.90. The van der Waals surface area contributed by atoms with Crippen LogP contribution in [0.3, 0.4) is 0 Å². The van der Waals surface area contributed by atoms with E-state index in [4.69, 9.17) is 0 Å². The Bertz CT molecular complexity index is 1050. The van der Waals surface area contributed by atoms with Crippen molar-refractivity contribution >= 4 is 27.3 Å². The number of hydrazine groups is 1. The molecule has 3 aromatic rings. The number of nitrogens with one attached hydrogen (secondary N) is 2. The summed E-state index contributed by atoms with van der Waals surface area (Å²) in [7, 11) is -4.24. The number of halogens is 2. The van der Waals surface area contributed by atoms with Crippen molar-refractivity contribution in [2.24, 2.45) is 0 Å². The van der Waals surface area contributed by atoms with Gasteiger partial charge in [-0.25, -0.2) is 17.2 Å². The molecule has 26 heavy (non-hydrogen) atoms. The second-order valence-electron chi connectivity index (χ2n) is 5.16. The van der Waals surface area contributed by atoms with E-state index in [0.717, 1.165) is 29.0 Å². The first kappa shape index (κ1) is 18.2. The van der Waals surface area contributed by atoms with Gasteiger partial charge in [-0.05, 0) is 42.0 Å². The van der Waals surface area contributed by atoms with E-state index < -0.39 is 26.6 Å². The molecule has 0 saturated carbocycles. The maximum Gasteiger partial charge on any atom is 0.276 e. The molecule has 9 heteroatoms. The fourth-order valence-electron chi connectivity index (χ4n) is 2.12. The number of sulfonamides is 1. The third-order valence-electron chi connectivity index (χ3n) is 3.38. The highest BCUT2D eigenvalue weighted by Gasteiger charge is 2.20. The summed E-state index contributed by atoms with van der Waals surface area (Å²) in [5.41, 5.74) is 2.77. The molecular weight excluding hydrogens is 382 g/mol. The first-order chi connectivity index (χ1) is 12.4. The summed E-state index contributed by atoms with van der Waals surface area (Å²) in [5, 5.41) is 0. The Morgan fingerprint density at radius 1 is 0.923 bits per heavy atom. The van der Waals surface area contributed by atoms with Crippen LogP contribution in [0.5, 0.6) is 0 Å². The average molecular weight is 394 g/mol. The molecule has 0 radical (unpaired) electrons. The molecule has 2 aromatic carbocycles. The summed E-state index contributed by atoms with van der Waals surface area (Å²) in [6.45, 7) is 0. The van der Waals surface area contributed by atoms with Crippen molar-refractivity contribution in [3.8, 4) is 10.4 Å². The van der Waals surface area contributed by atoms with Gasteiger partial charge in [0.15, 0.2) is 0 Å². The zero-order valence-corrected chi connectivity index (χ0v) is 14.7. The molecular formula is C17H12F2N2O3S2. The predicted octanol–water partition coefficient (Wildman–Crippen LogP) is 3.32. The quantitative estimate of drug-likeness (QED) is 0.652. The number of thiophene rings is 1. The Kier molecular flexibility index (Phi) is 5.12. The van der Waals surface area contributed by atoms with E-state index in [0.29, 0.717) is 4.88 Å². The molecule has 2 N–H and O–H groups in total. The van der Waals surface area contributed by atoms with Crippen LogP contribution in [-0.4, -0.2) is 14.3 Å². The number of rotatable bonds is 5. The van der Waals surface area contributed by atoms with Gasteiger partial charge < -0.3 is 0 Å². The summed E-state index contributed by atoms with van der Waals surface area (Å²) >= 11 is 1.11. The first-order valence-electron chi connectivity index (χ1n) is 7.29. The van der Waals surface area contributed by atoms with Crippen molar-refractivity contribution in [2.45, 2.75) is 4.90 Å². The van der Waals surface area contributed by atoms with Crippen LogP contribution in [0.15, 0.2) is 65.6 Å². The van der Waals surface area contributed by atoms with Crippen LogP contribution in [0.2, 0.25) is 0 Å². The van der Waals surface area contributed by atoms with Crippen LogP contribution in [0.1, 0.15) is 9.67 Å². The largest absolute Gasteiger partial charge is 0.276 e. The number of benzene rings is 2. The molecule has 0 atom stereocenters. The van der Waals surface area contributed by atoms with Crippen LogP contribution in [0, 0.1) is 11.6 Å². The lowest BCUT2D eigenvalue weighted by Gasteiger charge is -2.08. The third-order valence-corrected chi connectivity index (χ3v) is 5.80. The molecule has 0 aliphatic rings. The Labute approximate surface area is 152 Å². The third kappa shape index (κ3) is 3.96. The molecule has 1 aromatic heterocycles. The van der Waals surface area contributed by atoms with Gasteiger partial charge >= 0.3 is 0 Å². The zero-order chi connectivity index (χ0) is 18.7.